The third-order valence-electron chi connectivity index (χ3n) is 2.61. The first-order valence-corrected chi connectivity index (χ1v) is 5.44. The molecule has 1 aromatic carbocycles. The van der Waals surface area contributed by atoms with Crippen molar-refractivity contribution in [2.24, 2.45) is 0 Å². The van der Waals surface area contributed by atoms with Crippen LogP contribution in [0.15, 0.2) is 18.2 Å². The molecule has 0 heterocycles. The van der Waals surface area contributed by atoms with Crippen LogP contribution in [-0.2, 0) is 0 Å². The summed E-state index contributed by atoms with van der Waals surface area (Å²) in [6, 6.07) is 6.28. The Bertz CT molecular complexity index is 365. The van der Waals surface area contributed by atoms with Crippen molar-refractivity contribution in [2.75, 3.05) is 7.05 Å². The van der Waals surface area contributed by atoms with Gasteiger partial charge in [0.15, 0.2) is 0 Å². The summed E-state index contributed by atoms with van der Waals surface area (Å²) >= 11 is 6.08. The van der Waals surface area contributed by atoms with E-state index in [2.05, 4.69) is 17.3 Å². The average Bonchev–Trinajstić information content (AvgIpc) is 2.25. The Hall–Kier alpha value is -0.970. The zero-order valence-corrected chi connectivity index (χ0v) is 9.93. The van der Waals surface area contributed by atoms with Gasteiger partial charge in [-0.2, -0.15) is 0 Å². The molecule has 1 atom stereocenters. The monoisotopic (exact) mass is 221 g/mol. The van der Waals surface area contributed by atoms with Crippen LogP contribution >= 0.6 is 11.6 Å². The molecule has 80 valence electrons. The van der Waals surface area contributed by atoms with Gasteiger partial charge >= 0.3 is 0 Å². The summed E-state index contributed by atoms with van der Waals surface area (Å²) in [6.45, 7) is 2.04. The smallest absolute Gasteiger partial charge is 0.0438 e. The van der Waals surface area contributed by atoms with Gasteiger partial charge in [-0.3, -0.25) is 0 Å². The summed E-state index contributed by atoms with van der Waals surface area (Å²) < 4.78 is 0. The van der Waals surface area contributed by atoms with Crippen LogP contribution in [0.3, 0.4) is 0 Å². The number of nitrogens with one attached hydrogen (secondary N) is 1. The lowest BCUT2D eigenvalue weighted by Crippen LogP contribution is -2.17. The van der Waals surface area contributed by atoms with E-state index in [0.717, 1.165) is 23.4 Å². The SMILES string of the molecule is C#CCCC(NC)c1cccc(Cl)c1C. The molecule has 1 unspecified atom stereocenters. The minimum atomic E-state index is 0.291. The molecular formula is C13H16ClN. The molecule has 1 nitrogen and oxygen atoms in total. The zero-order valence-electron chi connectivity index (χ0n) is 9.18. The summed E-state index contributed by atoms with van der Waals surface area (Å²) in [6.07, 6.45) is 6.99. The third kappa shape index (κ3) is 2.99. The van der Waals surface area contributed by atoms with Crippen molar-refractivity contribution >= 4 is 11.6 Å². The van der Waals surface area contributed by atoms with Gasteiger partial charge in [-0.15, -0.1) is 12.3 Å². The van der Waals surface area contributed by atoms with Crippen LogP contribution in [0.4, 0.5) is 0 Å². The van der Waals surface area contributed by atoms with E-state index < -0.39 is 0 Å². The highest BCUT2D eigenvalue weighted by molar-refractivity contribution is 6.31. The minimum absolute atomic E-state index is 0.291. The molecule has 0 spiro atoms. The van der Waals surface area contributed by atoms with Gasteiger partial charge < -0.3 is 5.32 Å². The van der Waals surface area contributed by atoms with Gasteiger partial charge in [-0.25, -0.2) is 0 Å². The lowest BCUT2D eigenvalue weighted by Gasteiger charge is -2.18. The maximum absolute atomic E-state index is 6.08. The highest BCUT2D eigenvalue weighted by Crippen LogP contribution is 2.26. The van der Waals surface area contributed by atoms with Crippen molar-refractivity contribution in [1.82, 2.24) is 5.32 Å². The molecule has 0 aliphatic carbocycles. The molecule has 1 rings (SSSR count). The Morgan fingerprint density at radius 3 is 2.87 bits per heavy atom. The standard InChI is InChI=1S/C13H16ClN/c1-4-5-9-13(15-3)11-7-6-8-12(14)10(11)2/h1,6-8,13,15H,5,9H2,2-3H3. The number of terminal acetylenes is 1. The number of halogens is 1. The fraction of sp³-hybridized carbons (Fsp3) is 0.385. The maximum atomic E-state index is 6.08. The molecule has 0 saturated carbocycles. The molecule has 2 heteroatoms. The van der Waals surface area contributed by atoms with E-state index in [1.807, 2.05) is 26.1 Å². The van der Waals surface area contributed by atoms with Crippen molar-refractivity contribution in [3.05, 3.63) is 34.3 Å². The fourth-order valence-electron chi connectivity index (χ4n) is 1.68. The van der Waals surface area contributed by atoms with Gasteiger partial charge in [-0.1, -0.05) is 23.7 Å². The zero-order chi connectivity index (χ0) is 11.3. The Morgan fingerprint density at radius 1 is 1.53 bits per heavy atom. The van der Waals surface area contributed by atoms with E-state index in [4.69, 9.17) is 18.0 Å². The molecule has 0 radical (unpaired) electrons. The average molecular weight is 222 g/mol. The molecule has 0 bridgehead atoms. The molecule has 0 aliphatic heterocycles. The van der Waals surface area contributed by atoms with E-state index in [1.165, 1.54) is 5.56 Å². The van der Waals surface area contributed by atoms with Gasteiger partial charge in [-0.05, 0) is 37.6 Å². The van der Waals surface area contributed by atoms with Gasteiger partial charge in [0.05, 0.1) is 0 Å². The molecular weight excluding hydrogens is 206 g/mol. The fourth-order valence-corrected chi connectivity index (χ4v) is 1.87. The van der Waals surface area contributed by atoms with E-state index in [0.29, 0.717) is 6.04 Å². The molecule has 0 amide bonds. The molecule has 0 aromatic heterocycles. The van der Waals surface area contributed by atoms with Crippen LogP contribution in [0.2, 0.25) is 5.02 Å². The first-order valence-electron chi connectivity index (χ1n) is 5.06. The normalized spacial score (nSPS) is 12.1. The first kappa shape index (κ1) is 12.1. The van der Waals surface area contributed by atoms with Gasteiger partial charge in [0, 0.05) is 17.5 Å². The number of rotatable bonds is 4. The highest BCUT2D eigenvalue weighted by atomic mass is 35.5. The summed E-state index contributed by atoms with van der Waals surface area (Å²) in [5.41, 5.74) is 2.37. The van der Waals surface area contributed by atoms with Gasteiger partial charge in [0.2, 0.25) is 0 Å². The van der Waals surface area contributed by atoms with Gasteiger partial charge in [0.25, 0.3) is 0 Å². The Kier molecular flexibility index (Phi) is 4.68. The van der Waals surface area contributed by atoms with Crippen molar-refractivity contribution in [3.8, 4) is 12.3 Å². The Labute approximate surface area is 96.8 Å². The van der Waals surface area contributed by atoms with Crippen LogP contribution in [0.1, 0.15) is 30.0 Å². The first-order chi connectivity index (χ1) is 7.20. The Balaban J connectivity index is 2.92. The predicted molar refractivity (Wildman–Crippen MR) is 66.1 cm³/mol. The van der Waals surface area contributed by atoms with Crippen molar-refractivity contribution in [1.29, 1.82) is 0 Å². The van der Waals surface area contributed by atoms with E-state index in [9.17, 15) is 0 Å². The van der Waals surface area contributed by atoms with Crippen LogP contribution in [0, 0.1) is 19.3 Å². The van der Waals surface area contributed by atoms with Crippen LogP contribution in [0.25, 0.3) is 0 Å². The predicted octanol–water partition coefficient (Wildman–Crippen LogP) is 3.32. The lowest BCUT2D eigenvalue weighted by atomic mass is 9.98. The maximum Gasteiger partial charge on any atom is 0.0438 e. The van der Waals surface area contributed by atoms with Crippen molar-refractivity contribution in [3.63, 3.8) is 0 Å². The van der Waals surface area contributed by atoms with E-state index in [-0.39, 0.29) is 0 Å². The topological polar surface area (TPSA) is 12.0 Å². The summed E-state index contributed by atoms with van der Waals surface area (Å²) in [7, 11) is 1.95. The summed E-state index contributed by atoms with van der Waals surface area (Å²) in [4.78, 5) is 0. The molecule has 0 fully saturated rings. The van der Waals surface area contributed by atoms with Crippen LogP contribution in [0.5, 0.6) is 0 Å². The summed E-state index contributed by atoms with van der Waals surface area (Å²) in [5, 5.41) is 4.08. The third-order valence-corrected chi connectivity index (χ3v) is 3.02. The largest absolute Gasteiger partial charge is 0.313 e. The molecule has 1 aromatic rings. The molecule has 0 aliphatic rings. The second-order valence-corrected chi connectivity index (χ2v) is 3.95. The van der Waals surface area contributed by atoms with Crippen LogP contribution in [-0.4, -0.2) is 7.05 Å². The second kappa shape index (κ2) is 5.80. The molecule has 0 saturated heterocycles. The van der Waals surface area contributed by atoms with E-state index in [1.54, 1.807) is 0 Å². The lowest BCUT2D eigenvalue weighted by molar-refractivity contribution is 0.556. The highest BCUT2D eigenvalue weighted by Gasteiger charge is 2.12. The Morgan fingerprint density at radius 2 is 2.27 bits per heavy atom. The van der Waals surface area contributed by atoms with Crippen LogP contribution < -0.4 is 5.32 Å². The quantitative estimate of drug-likeness (QED) is 0.770. The van der Waals surface area contributed by atoms with Crippen molar-refractivity contribution < 1.29 is 0 Å². The molecule has 15 heavy (non-hydrogen) atoms. The van der Waals surface area contributed by atoms with Gasteiger partial charge in [0.1, 0.15) is 0 Å². The second-order valence-electron chi connectivity index (χ2n) is 3.54. The van der Waals surface area contributed by atoms with Crippen molar-refractivity contribution in [2.45, 2.75) is 25.8 Å². The summed E-state index contributed by atoms with van der Waals surface area (Å²) in [5.74, 6) is 2.66. The number of hydrogen-bond acceptors (Lipinski definition) is 1. The molecule has 1 N–H and O–H groups in total. The van der Waals surface area contributed by atoms with E-state index >= 15 is 0 Å². The minimum Gasteiger partial charge on any atom is -0.313 e. The number of benzene rings is 1. The number of hydrogen-bond donors (Lipinski definition) is 1.